The zero-order valence-electron chi connectivity index (χ0n) is 14.6. The van der Waals surface area contributed by atoms with Crippen molar-refractivity contribution in [2.24, 2.45) is 5.92 Å². The summed E-state index contributed by atoms with van der Waals surface area (Å²) in [5.74, 6) is 0.259. The molecule has 2 aromatic heterocycles. The number of aromatic nitrogens is 4. The average Bonchev–Trinajstić information content (AvgIpc) is 3.18. The van der Waals surface area contributed by atoms with Crippen molar-refractivity contribution in [3.8, 4) is 0 Å². The third-order valence-corrected chi connectivity index (χ3v) is 7.19. The van der Waals surface area contributed by atoms with Crippen molar-refractivity contribution in [1.82, 2.24) is 24.1 Å². The van der Waals surface area contributed by atoms with Gasteiger partial charge in [0.05, 0.1) is 18.2 Å². The lowest BCUT2D eigenvalue weighted by atomic mass is 9.96. The van der Waals surface area contributed by atoms with Crippen LogP contribution < -0.4 is 5.56 Å². The molecule has 26 heavy (non-hydrogen) atoms. The second-order valence-electron chi connectivity index (χ2n) is 7.11. The highest BCUT2D eigenvalue weighted by atomic mass is 32.2. The fraction of sp³-hybridized carbons (Fsp3) is 0.588. The van der Waals surface area contributed by atoms with Gasteiger partial charge in [0, 0.05) is 25.7 Å². The van der Waals surface area contributed by atoms with Crippen LogP contribution in [0.3, 0.4) is 0 Å². The Bertz CT molecular complexity index is 928. The Labute approximate surface area is 152 Å². The van der Waals surface area contributed by atoms with Gasteiger partial charge < -0.3 is 4.98 Å². The molecule has 0 radical (unpaired) electrons. The van der Waals surface area contributed by atoms with Crippen molar-refractivity contribution >= 4 is 10.0 Å². The number of hydrogen-bond acceptors (Lipinski definition) is 5. The van der Waals surface area contributed by atoms with Crippen LogP contribution in [0.1, 0.15) is 36.9 Å². The summed E-state index contributed by atoms with van der Waals surface area (Å²) in [5.41, 5.74) is 2.10. The summed E-state index contributed by atoms with van der Waals surface area (Å²) in [6.45, 7) is 1.46. The molecule has 0 saturated carbocycles. The van der Waals surface area contributed by atoms with E-state index in [9.17, 15) is 13.2 Å². The summed E-state index contributed by atoms with van der Waals surface area (Å²) in [4.78, 5) is 18.8. The molecular weight excluding hydrogens is 354 g/mol. The highest BCUT2D eigenvalue weighted by Gasteiger charge is 2.30. The third kappa shape index (κ3) is 3.33. The Morgan fingerprint density at radius 3 is 2.69 bits per heavy atom. The quantitative estimate of drug-likeness (QED) is 0.855. The lowest BCUT2D eigenvalue weighted by Gasteiger charge is -2.30. The van der Waals surface area contributed by atoms with Crippen molar-refractivity contribution in [3.05, 3.63) is 40.2 Å². The number of nitrogens with zero attached hydrogens (tertiary/aromatic N) is 4. The van der Waals surface area contributed by atoms with Crippen molar-refractivity contribution < 1.29 is 8.42 Å². The lowest BCUT2D eigenvalue weighted by Crippen LogP contribution is -2.40. The van der Waals surface area contributed by atoms with E-state index in [1.54, 1.807) is 10.7 Å². The van der Waals surface area contributed by atoms with Gasteiger partial charge in [0.15, 0.2) is 5.03 Å². The minimum Gasteiger partial charge on any atom is -0.335 e. The van der Waals surface area contributed by atoms with E-state index in [0.29, 0.717) is 19.6 Å². The lowest BCUT2D eigenvalue weighted by molar-refractivity contribution is 0.243. The molecule has 0 amide bonds. The maximum atomic E-state index is 12.5. The number of H-pyrrole nitrogens is 1. The number of imidazole rings is 1. The van der Waals surface area contributed by atoms with E-state index in [-0.39, 0.29) is 16.5 Å². The van der Waals surface area contributed by atoms with E-state index in [2.05, 4.69) is 15.1 Å². The smallest absolute Gasteiger partial charge is 0.267 e. The van der Waals surface area contributed by atoms with Crippen LogP contribution in [0.4, 0.5) is 0 Å². The van der Waals surface area contributed by atoms with Gasteiger partial charge in [-0.3, -0.25) is 4.79 Å². The molecule has 0 spiro atoms. The van der Waals surface area contributed by atoms with Crippen LogP contribution in [-0.4, -0.2) is 45.6 Å². The molecule has 0 unspecified atom stereocenters. The van der Waals surface area contributed by atoms with Crippen LogP contribution in [-0.2, 0) is 29.4 Å². The molecule has 0 atom stereocenters. The van der Waals surface area contributed by atoms with E-state index in [1.165, 1.54) is 16.8 Å². The molecule has 0 aromatic carbocycles. The molecule has 1 fully saturated rings. The second-order valence-corrected chi connectivity index (χ2v) is 9.01. The molecule has 0 bridgehead atoms. The first-order valence-electron chi connectivity index (χ1n) is 9.12. The predicted molar refractivity (Wildman–Crippen MR) is 95.2 cm³/mol. The van der Waals surface area contributed by atoms with E-state index >= 15 is 0 Å². The number of nitrogens with one attached hydrogen (secondary N) is 1. The van der Waals surface area contributed by atoms with Gasteiger partial charge in [-0.1, -0.05) is 0 Å². The van der Waals surface area contributed by atoms with Crippen LogP contribution in [0, 0.1) is 5.92 Å². The van der Waals surface area contributed by atoms with E-state index in [0.717, 1.165) is 49.8 Å². The Balaban J connectivity index is 1.42. The first-order chi connectivity index (χ1) is 12.5. The summed E-state index contributed by atoms with van der Waals surface area (Å²) in [7, 11) is -3.50. The SMILES string of the molecule is O=c1cc2c(nn1CC1CCN(S(=O)(=O)c3cnc[nH]3)CC1)CCCC2. The number of fused-ring (bicyclic) bond motifs is 1. The Hall–Kier alpha value is -2.00. The monoisotopic (exact) mass is 377 g/mol. The van der Waals surface area contributed by atoms with Crippen LogP contribution in [0.25, 0.3) is 0 Å². The molecule has 140 valence electrons. The van der Waals surface area contributed by atoms with Crippen LogP contribution in [0.15, 0.2) is 28.4 Å². The van der Waals surface area contributed by atoms with Crippen LogP contribution in [0.2, 0.25) is 0 Å². The van der Waals surface area contributed by atoms with Gasteiger partial charge >= 0.3 is 0 Å². The molecule has 3 heterocycles. The van der Waals surface area contributed by atoms with Crippen molar-refractivity contribution in [1.29, 1.82) is 0 Å². The number of piperidine rings is 1. The number of rotatable bonds is 4. The molecular formula is C17H23N5O3S. The fourth-order valence-corrected chi connectivity index (χ4v) is 5.20. The van der Waals surface area contributed by atoms with Gasteiger partial charge in [-0.2, -0.15) is 9.40 Å². The minimum atomic E-state index is -3.50. The van der Waals surface area contributed by atoms with Crippen molar-refractivity contribution in [2.45, 2.75) is 50.1 Å². The highest BCUT2D eigenvalue weighted by molar-refractivity contribution is 7.89. The summed E-state index contributed by atoms with van der Waals surface area (Å²) < 4.78 is 28.1. The Kier molecular flexibility index (Phi) is 4.66. The summed E-state index contributed by atoms with van der Waals surface area (Å²) in [6.07, 6.45) is 8.28. The van der Waals surface area contributed by atoms with Gasteiger partial charge in [-0.15, -0.1) is 0 Å². The minimum absolute atomic E-state index is 0.0434. The number of sulfonamides is 1. The summed E-state index contributed by atoms with van der Waals surface area (Å²) >= 11 is 0. The van der Waals surface area contributed by atoms with E-state index < -0.39 is 10.0 Å². The molecule has 4 rings (SSSR count). The Morgan fingerprint density at radius 1 is 1.19 bits per heavy atom. The highest BCUT2D eigenvalue weighted by Crippen LogP contribution is 2.24. The predicted octanol–water partition coefficient (Wildman–Crippen LogP) is 0.946. The molecule has 2 aromatic rings. The van der Waals surface area contributed by atoms with Gasteiger partial charge in [0.2, 0.25) is 0 Å². The van der Waals surface area contributed by atoms with Crippen LogP contribution in [0.5, 0.6) is 0 Å². The molecule has 8 nitrogen and oxygen atoms in total. The topological polar surface area (TPSA) is 101 Å². The van der Waals surface area contributed by atoms with Crippen molar-refractivity contribution in [2.75, 3.05) is 13.1 Å². The largest absolute Gasteiger partial charge is 0.335 e. The average molecular weight is 377 g/mol. The number of aryl methyl sites for hydroxylation is 2. The number of aromatic amines is 1. The van der Waals surface area contributed by atoms with Gasteiger partial charge in [0.25, 0.3) is 15.6 Å². The zero-order valence-corrected chi connectivity index (χ0v) is 15.4. The molecule has 1 aliphatic carbocycles. The fourth-order valence-electron chi connectivity index (χ4n) is 3.83. The van der Waals surface area contributed by atoms with E-state index in [1.807, 2.05) is 0 Å². The van der Waals surface area contributed by atoms with Gasteiger partial charge in [-0.25, -0.2) is 18.1 Å². The van der Waals surface area contributed by atoms with Gasteiger partial charge in [-0.05, 0) is 50.0 Å². The normalized spacial score (nSPS) is 19.4. The van der Waals surface area contributed by atoms with Crippen LogP contribution >= 0.6 is 0 Å². The maximum absolute atomic E-state index is 12.5. The Morgan fingerprint density at radius 2 is 1.96 bits per heavy atom. The number of hydrogen-bond donors (Lipinski definition) is 1. The maximum Gasteiger partial charge on any atom is 0.267 e. The zero-order chi connectivity index (χ0) is 18.1. The van der Waals surface area contributed by atoms with Crippen molar-refractivity contribution in [3.63, 3.8) is 0 Å². The molecule has 2 aliphatic rings. The first-order valence-corrected chi connectivity index (χ1v) is 10.6. The molecule has 9 heteroatoms. The second kappa shape index (κ2) is 6.96. The third-order valence-electron chi connectivity index (χ3n) is 5.37. The molecule has 1 N–H and O–H groups in total. The summed E-state index contributed by atoms with van der Waals surface area (Å²) in [6, 6.07) is 1.74. The van der Waals surface area contributed by atoms with Gasteiger partial charge in [0.1, 0.15) is 0 Å². The molecule has 1 aliphatic heterocycles. The summed E-state index contributed by atoms with van der Waals surface area (Å²) in [5, 5.41) is 4.70. The first kappa shape index (κ1) is 17.4. The molecule has 1 saturated heterocycles. The van der Waals surface area contributed by atoms with E-state index in [4.69, 9.17) is 0 Å². The standard InChI is InChI=1S/C17H23N5O3S/c23-17-9-14-3-1-2-4-15(14)20-22(17)11-13-5-7-21(8-6-13)26(24,25)16-10-18-12-19-16/h9-10,12-13H,1-8,11H2,(H,18,19).